The van der Waals surface area contributed by atoms with E-state index in [1.54, 1.807) is 53.4 Å². The average Bonchev–Trinajstić information content (AvgIpc) is 3.68. The summed E-state index contributed by atoms with van der Waals surface area (Å²) in [5.74, 6) is -3.32. The SMILES string of the molecule is CC[C@H]1OC(=O)[C@H](C)[C@@H](O[C@H]2C[C@@](C)(OC)[C@@H](O)[C@H](C)O2)[C@H](C)[C@@H](O[C@@H]2O[C@H](C)C[C@H](N(C)C)[C@H]2O)[C@](C)(O)C[C@@H](C)CN(C(=O)CCCCCCCc2cc(-c3ccccc3CN(C)C)ccc2Pc2ccccc2)[C@H](C)[C@@H](O)[C@]1(C)O. The van der Waals surface area contributed by atoms with Gasteiger partial charge in [-0.05, 0) is 154 Å². The van der Waals surface area contributed by atoms with Gasteiger partial charge >= 0.3 is 5.97 Å². The maximum Gasteiger partial charge on any atom is 0.311 e. The van der Waals surface area contributed by atoms with Gasteiger partial charge in [0.1, 0.15) is 30.0 Å². The van der Waals surface area contributed by atoms with Crippen LogP contribution in [0.1, 0.15) is 145 Å². The first-order chi connectivity index (χ1) is 39.1. The largest absolute Gasteiger partial charge is 0.459 e. The number of aryl methyl sites for hydroxylation is 1. The van der Waals surface area contributed by atoms with Crippen molar-refractivity contribution in [2.24, 2.45) is 17.8 Å². The minimum absolute atomic E-state index is 0.0631. The van der Waals surface area contributed by atoms with Crippen LogP contribution < -0.4 is 10.6 Å². The van der Waals surface area contributed by atoms with Crippen molar-refractivity contribution >= 4 is 31.1 Å². The lowest BCUT2D eigenvalue weighted by molar-refractivity contribution is -0.318. The molecule has 1 amide bonds. The Morgan fingerprint density at radius 2 is 1.47 bits per heavy atom. The van der Waals surface area contributed by atoms with E-state index in [0.717, 1.165) is 38.6 Å². The van der Waals surface area contributed by atoms with Crippen LogP contribution in [0.25, 0.3) is 11.1 Å². The van der Waals surface area contributed by atoms with Crippen LogP contribution in [0.5, 0.6) is 0 Å². The number of amides is 1. The molecule has 5 N–H and O–H groups in total. The fourth-order valence-corrected chi connectivity index (χ4v) is 14.3. The molecule has 0 radical (unpaired) electrons. The molecule has 3 heterocycles. The summed E-state index contributed by atoms with van der Waals surface area (Å²) in [7, 11) is 10.0. The second-order valence-electron chi connectivity index (χ2n) is 25.8. The number of hydrogen-bond acceptors (Lipinski definition) is 15. The van der Waals surface area contributed by atoms with Gasteiger partial charge < -0.3 is 68.7 Å². The predicted octanol–water partition coefficient (Wildman–Crippen LogP) is 7.74. The van der Waals surface area contributed by atoms with E-state index < -0.39 is 102 Å². The predicted molar refractivity (Wildman–Crippen MR) is 328 cm³/mol. The average molecular weight is 1180 g/mol. The molecule has 466 valence electrons. The molecule has 0 aliphatic carbocycles. The van der Waals surface area contributed by atoms with E-state index >= 15 is 0 Å². The Morgan fingerprint density at radius 3 is 2.13 bits per heavy atom. The van der Waals surface area contributed by atoms with Crippen LogP contribution in [0.3, 0.4) is 0 Å². The molecule has 6 rings (SSSR count). The van der Waals surface area contributed by atoms with Crippen LogP contribution in [-0.4, -0.2) is 184 Å². The van der Waals surface area contributed by atoms with Crippen LogP contribution >= 0.6 is 8.58 Å². The van der Waals surface area contributed by atoms with E-state index in [-0.39, 0.29) is 50.3 Å². The number of unbranched alkanes of at least 4 members (excludes halogenated alkanes) is 4. The summed E-state index contributed by atoms with van der Waals surface area (Å²) in [6.45, 7) is 18.3. The summed E-state index contributed by atoms with van der Waals surface area (Å²) in [6, 6.07) is 25.0. The summed E-state index contributed by atoms with van der Waals surface area (Å²) in [5, 5.41) is 63.3. The van der Waals surface area contributed by atoms with Crippen molar-refractivity contribution < 1.29 is 63.5 Å². The summed E-state index contributed by atoms with van der Waals surface area (Å²) in [5.41, 5.74) is 0.297. The highest BCUT2D eigenvalue weighted by atomic mass is 31.1. The normalized spacial score (nSPS) is 35.4. The van der Waals surface area contributed by atoms with E-state index in [1.807, 2.05) is 32.8 Å². The van der Waals surface area contributed by atoms with Gasteiger partial charge in [-0.1, -0.05) is 121 Å². The fraction of sp³-hybridized carbons (Fsp3) is 0.697. The van der Waals surface area contributed by atoms with Gasteiger partial charge in [0.05, 0.1) is 47.6 Å². The molecule has 0 saturated carbocycles. The molecule has 16 nitrogen and oxygen atoms in total. The molecular formula is C66H104N3O13P. The first-order valence-electron chi connectivity index (χ1n) is 30.6. The van der Waals surface area contributed by atoms with Crippen LogP contribution in [0, 0.1) is 17.8 Å². The fourth-order valence-electron chi connectivity index (χ4n) is 13.2. The van der Waals surface area contributed by atoms with Gasteiger partial charge in [-0.25, -0.2) is 0 Å². The number of methoxy groups -OCH3 is 1. The minimum atomic E-state index is -2.02. The lowest BCUT2D eigenvalue weighted by Crippen LogP contribution is -2.60. The standard InChI is InChI=1S/C66H104N3O13P/c1-16-54-66(10,76)59(72)45(6)69(55(70)32-24-19-17-18-21-27-48-36-47(51-31-26-25-28-49(51)40-67(11)12)33-34-53(48)83-50-29-22-20-23-30-50)39-41(2)37-64(8,75)61(82-63-57(71)52(68(13)14)35-42(3)78-63)43(4)58(44(5)62(74)80-54)81-56-38-65(9,77-15)60(73)46(7)79-56/h20,22-23,25-26,28-31,33-34,36,41-46,52,54,56-61,63,71-73,75-76,83H,16-19,21,24,27,32,35,37-40H2,1-15H3/t41-,42-,43+,44-,45-,46+,52+,54-,56+,57-,58+,59-,60+,61-,63+,64-,65-,66-/m1/s1. The summed E-state index contributed by atoms with van der Waals surface area (Å²) in [6.07, 6.45) is -4.10. The number of aliphatic hydroxyl groups is 5. The van der Waals surface area contributed by atoms with Crippen molar-refractivity contribution in [3.8, 4) is 11.1 Å². The Kier molecular flexibility index (Phi) is 25.2. The van der Waals surface area contributed by atoms with Gasteiger partial charge in [-0.3, -0.25) is 9.59 Å². The van der Waals surface area contributed by atoms with Gasteiger partial charge in [0.15, 0.2) is 12.6 Å². The summed E-state index contributed by atoms with van der Waals surface area (Å²) >= 11 is 0. The van der Waals surface area contributed by atoms with E-state index in [2.05, 4.69) is 91.8 Å². The molecule has 3 fully saturated rings. The minimum Gasteiger partial charge on any atom is -0.459 e. The molecule has 3 aromatic carbocycles. The number of aliphatic hydroxyl groups excluding tert-OH is 3. The zero-order valence-electron chi connectivity index (χ0n) is 52.6. The molecule has 0 spiro atoms. The molecule has 0 aromatic heterocycles. The zero-order valence-corrected chi connectivity index (χ0v) is 53.6. The monoisotopic (exact) mass is 1180 g/mol. The number of carbonyl (C=O) groups excluding carboxylic acids is 2. The molecule has 83 heavy (non-hydrogen) atoms. The van der Waals surface area contributed by atoms with Gasteiger partial charge in [0, 0.05) is 45.0 Å². The molecule has 19 atom stereocenters. The Hall–Kier alpha value is -3.45. The van der Waals surface area contributed by atoms with Crippen molar-refractivity contribution in [2.75, 3.05) is 41.8 Å². The second-order valence-corrected chi connectivity index (χ2v) is 27.2. The number of hydrogen-bond donors (Lipinski definition) is 5. The van der Waals surface area contributed by atoms with Gasteiger partial charge in [-0.15, -0.1) is 0 Å². The van der Waals surface area contributed by atoms with E-state index in [0.29, 0.717) is 21.4 Å². The number of likely N-dealkylation sites (N-methyl/N-ethyl adjacent to an activating group) is 1. The van der Waals surface area contributed by atoms with E-state index in [9.17, 15) is 35.1 Å². The first kappa shape index (κ1) is 68.7. The number of carbonyl (C=O) groups is 2. The first-order valence-corrected chi connectivity index (χ1v) is 31.6. The van der Waals surface area contributed by atoms with Crippen molar-refractivity contribution in [1.29, 1.82) is 0 Å². The third kappa shape index (κ3) is 17.6. The van der Waals surface area contributed by atoms with Crippen molar-refractivity contribution in [1.82, 2.24) is 14.7 Å². The highest BCUT2D eigenvalue weighted by Gasteiger charge is 2.53. The van der Waals surface area contributed by atoms with E-state index in [4.69, 9.17) is 28.4 Å². The molecule has 3 aliphatic rings. The third-order valence-corrected chi connectivity index (χ3v) is 19.4. The quantitative estimate of drug-likeness (QED) is 0.0418. The van der Waals surface area contributed by atoms with Gasteiger partial charge in [0.25, 0.3) is 0 Å². The van der Waals surface area contributed by atoms with Gasteiger partial charge in [-0.2, -0.15) is 0 Å². The number of benzene rings is 3. The molecule has 1 unspecified atom stereocenters. The number of cyclic esters (lactones) is 1. The molecule has 17 heteroatoms. The highest BCUT2D eigenvalue weighted by Crippen LogP contribution is 2.41. The van der Waals surface area contributed by atoms with Crippen LogP contribution in [0.15, 0.2) is 72.8 Å². The molecule has 3 aromatic rings. The number of nitrogens with zero attached hydrogens (tertiary/aromatic N) is 3. The van der Waals surface area contributed by atoms with Crippen LogP contribution in [0.2, 0.25) is 0 Å². The maximum absolute atomic E-state index is 14.7. The van der Waals surface area contributed by atoms with E-state index in [1.165, 1.54) is 46.9 Å². The Labute approximate surface area is 498 Å². The Balaban J connectivity index is 1.23. The summed E-state index contributed by atoms with van der Waals surface area (Å²) < 4.78 is 38.3. The smallest absolute Gasteiger partial charge is 0.311 e. The lowest BCUT2D eigenvalue weighted by atomic mass is 9.77. The number of esters is 1. The maximum atomic E-state index is 14.7. The second kappa shape index (κ2) is 30.5. The lowest BCUT2D eigenvalue weighted by Gasteiger charge is -2.48. The number of ether oxygens (including phenoxy) is 6. The van der Waals surface area contributed by atoms with Crippen LogP contribution in [0.4, 0.5) is 0 Å². The highest BCUT2D eigenvalue weighted by molar-refractivity contribution is 7.55. The Bertz CT molecular complexity index is 2500. The molecule has 3 aliphatic heterocycles. The zero-order chi connectivity index (χ0) is 61.1. The molecule has 3 saturated heterocycles. The molecular weight excluding hydrogens is 1070 g/mol. The van der Waals surface area contributed by atoms with Crippen molar-refractivity contribution in [3.05, 3.63) is 83.9 Å². The van der Waals surface area contributed by atoms with Crippen molar-refractivity contribution in [2.45, 2.75) is 237 Å². The van der Waals surface area contributed by atoms with Crippen molar-refractivity contribution in [3.63, 3.8) is 0 Å². The van der Waals surface area contributed by atoms with Crippen LogP contribution in [-0.2, 0) is 51.0 Å². The Morgan fingerprint density at radius 1 is 0.807 bits per heavy atom. The topological polar surface area (TPSA) is 200 Å². The van der Waals surface area contributed by atoms with Gasteiger partial charge in [0.2, 0.25) is 5.91 Å². The number of rotatable bonds is 20. The summed E-state index contributed by atoms with van der Waals surface area (Å²) in [4.78, 5) is 35.2. The third-order valence-electron chi connectivity index (χ3n) is 18.0. The molecule has 0 bridgehead atoms.